The average molecular weight is 464 g/mol. The number of para-hydroxylation sites is 1. The van der Waals surface area contributed by atoms with Crippen LogP contribution in [-0.4, -0.2) is 42.4 Å². The Morgan fingerprint density at radius 1 is 0.941 bits per heavy atom. The van der Waals surface area contributed by atoms with Gasteiger partial charge in [-0.3, -0.25) is 9.59 Å². The third-order valence-corrected chi connectivity index (χ3v) is 7.27. The summed E-state index contributed by atoms with van der Waals surface area (Å²) in [6, 6.07) is 17.0. The van der Waals surface area contributed by atoms with Gasteiger partial charge in [0.1, 0.15) is 17.5 Å². The molecule has 1 aliphatic carbocycles. The Morgan fingerprint density at radius 2 is 1.68 bits per heavy atom. The third kappa shape index (κ3) is 5.79. The Labute approximate surface area is 203 Å². The number of hydrogen-bond acceptors (Lipinski definition) is 4. The Hall–Kier alpha value is -2.86. The Morgan fingerprint density at radius 3 is 2.41 bits per heavy atom. The molecular formula is C28H37N3O3. The van der Waals surface area contributed by atoms with E-state index in [1.807, 2.05) is 60.4 Å². The summed E-state index contributed by atoms with van der Waals surface area (Å²) in [4.78, 5) is 28.7. The molecule has 2 amide bonds. The van der Waals surface area contributed by atoms with Crippen molar-refractivity contribution in [3.63, 3.8) is 0 Å². The van der Waals surface area contributed by atoms with Crippen LogP contribution in [0.5, 0.6) is 11.5 Å². The first-order chi connectivity index (χ1) is 16.6. The molecule has 2 aliphatic rings. The van der Waals surface area contributed by atoms with Crippen molar-refractivity contribution in [3.05, 3.63) is 60.2 Å². The molecule has 3 unspecified atom stereocenters. The Kier molecular flexibility index (Phi) is 8.22. The molecule has 0 bridgehead atoms. The molecule has 0 aromatic heterocycles. The monoisotopic (exact) mass is 463 g/mol. The Balaban J connectivity index is 1.53. The van der Waals surface area contributed by atoms with Crippen molar-refractivity contribution < 1.29 is 14.3 Å². The zero-order valence-electron chi connectivity index (χ0n) is 20.3. The average Bonchev–Trinajstić information content (AvgIpc) is 3.38. The molecule has 0 spiro atoms. The summed E-state index contributed by atoms with van der Waals surface area (Å²) in [6.07, 6.45) is 7.30. The second kappa shape index (κ2) is 11.5. The minimum absolute atomic E-state index is 0.00320. The standard InChI is InChI=1S/C28H37N3O3/c1-20(29-2)27(32)30-26(21-11-5-3-6-12-21)28(33)31-18-10-17-25(31)22-13-9-16-24(19-22)34-23-14-7-4-8-15-23/h4,7-9,13-16,19-21,25-26,29H,3,5-6,10-12,17-18H2,1-2H3,(H,30,32). The number of benzene rings is 2. The smallest absolute Gasteiger partial charge is 0.245 e. The molecule has 2 N–H and O–H groups in total. The van der Waals surface area contributed by atoms with E-state index >= 15 is 0 Å². The maximum atomic E-state index is 13.9. The van der Waals surface area contributed by atoms with Gasteiger partial charge in [0.15, 0.2) is 0 Å². The molecule has 6 nitrogen and oxygen atoms in total. The SMILES string of the molecule is CNC(C)C(=O)NC(C(=O)N1CCCC1c1cccc(Oc2ccccc2)c1)C1CCCCC1. The van der Waals surface area contributed by atoms with Crippen LogP contribution in [0.3, 0.4) is 0 Å². The van der Waals surface area contributed by atoms with E-state index in [1.54, 1.807) is 7.05 Å². The van der Waals surface area contributed by atoms with E-state index in [-0.39, 0.29) is 29.8 Å². The van der Waals surface area contributed by atoms with Gasteiger partial charge in [0.2, 0.25) is 11.8 Å². The van der Waals surface area contributed by atoms with Crippen LogP contribution in [0.25, 0.3) is 0 Å². The lowest BCUT2D eigenvalue weighted by Gasteiger charge is -2.35. The van der Waals surface area contributed by atoms with Gasteiger partial charge in [0.25, 0.3) is 0 Å². The van der Waals surface area contributed by atoms with Gasteiger partial charge in [0.05, 0.1) is 12.1 Å². The van der Waals surface area contributed by atoms with Crippen LogP contribution in [0.15, 0.2) is 54.6 Å². The summed E-state index contributed by atoms with van der Waals surface area (Å²) in [5.41, 5.74) is 1.08. The molecule has 182 valence electrons. The van der Waals surface area contributed by atoms with Crippen LogP contribution < -0.4 is 15.4 Å². The van der Waals surface area contributed by atoms with Crippen LogP contribution in [-0.2, 0) is 9.59 Å². The van der Waals surface area contributed by atoms with Crippen LogP contribution >= 0.6 is 0 Å². The topological polar surface area (TPSA) is 70.7 Å². The summed E-state index contributed by atoms with van der Waals surface area (Å²) < 4.78 is 6.04. The highest BCUT2D eigenvalue weighted by atomic mass is 16.5. The lowest BCUT2D eigenvalue weighted by atomic mass is 9.83. The molecule has 1 saturated carbocycles. The summed E-state index contributed by atoms with van der Waals surface area (Å²) >= 11 is 0. The van der Waals surface area contributed by atoms with Gasteiger partial charge >= 0.3 is 0 Å². The first-order valence-electron chi connectivity index (χ1n) is 12.7. The third-order valence-electron chi connectivity index (χ3n) is 7.27. The lowest BCUT2D eigenvalue weighted by molar-refractivity contribution is -0.139. The molecule has 3 atom stereocenters. The van der Waals surface area contributed by atoms with Gasteiger partial charge in [-0.1, -0.05) is 49.6 Å². The van der Waals surface area contributed by atoms with Crippen molar-refractivity contribution in [2.45, 2.75) is 70.0 Å². The molecule has 1 saturated heterocycles. The van der Waals surface area contributed by atoms with Gasteiger partial charge in [-0.2, -0.15) is 0 Å². The number of amides is 2. The normalized spacial score (nSPS) is 20.5. The number of likely N-dealkylation sites (tertiary alicyclic amines) is 1. The van der Waals surface area contributed by atoms with Gasteiger partial charge in [-0.25, -0.2) is 0 Å². The van der Waals surface area contributed by atoms with E-state index in [2.05, 4.69) is 16.7 Å². The van der Waals surface area contributed by atoms with Crippen molar-refractivity contribution in [1.29, 1.82) is 0 Å². The quantitative estimate of drug-likeness (QED) is 0.589. The van der Waals surface area contributed by atoms with Crippen LogP contribution in [0, 0.1) is 5.92 Å². The number of nitrogens with one attached hydrogen (secondary N) is 2. The molecule has 1 aliphatic heterocycles. The van der Waals surface area contributed by atoms with E-state index in [0.717, 1.165) is 55.6 Å². The lowest BCUT2D eigenvalue weighted by Crippen LogP contribution is -2.55. The summed E-state index contributed by atoms with van der Waals surface area (Å²) in [5, 5.41) is 6.10. The van der Waals surface area contributed by atoms with Crippen LogP contribution in [0.2, 0.25) is 0 Å². The highest BCUT2D eigenvalue weighted by Gasteiger charge is 2.39. The summed E-state index contributed by atoms with van der Waals surface area (Å²) in [7, 11) is 1.77. The highest BCUT2D eigenvalue weighted by Crippen LogP contribution is 2.36. The fourth-order valence-corrected chi connectivity index (χ4v) is 5.22. The van der Waals surface area contributed by atoms with E-state index in [1.165, 1.54) is 6.42 Å². The number of nitrogens with zero attached hydrogens (tertiary/aromatic N) is 1. The van der Waals surface area contributed by atoms with Crippen molar-refractivity contribution in [2.24, 2.45) is 5.92 Å². The molecule has 4 rings (SSSR count). The maximum absolute atomic E-state index is 13.9. The van der Waals surface area contributed by atoms with Gasteiger partial charge in [0, 0.05) is 6.54 Å². The molecule has 1 heterocycles. The number of carbonyl (C=O) groups is 2. The number of carbonyl (C=O) groups excluding carboxylic acids is 2. The zero-order chi connectivity index (χ0) is 23.9. The number of likely N-dealkylation sites (N-methyl/N-ethyl adjacent to an activating group) is 1. The van der Waals surface area contributed by atoms with Gasteiger partial charge in [-0.05, 0) is 75.4 Å². The molecule has 2 aromatic rings. The largest absolute Gasteiger partial charge is 0.457 e. The van der Waals surface area contributed by atoms with E-state index in [0.29, 0.717) is 6.54 Å². The van der Waals surface area contributed by atoms with E-state index < -0.39 is 6.04 Å². The fourth-order valence-electron chi connectivity index (χ4n) is 5.22. The van der Waals surface area contributed by atoms with Gasteiger partial charge in [-0.15, -0.1) is 0 Å². The minimum atomic E-state index is -0.465. The van der Waals surface area contributed by atoms with Crippen molar-refractivity contribution in [2.75, 3.05) is 13.6 Å². The maximum Gasteiger partial charge on any atom is 0.245 e. The fraction of sp³-hybridized carbons (Fsp3) is 0.500. The van der Waals surface area contributed by atoms with Crippen LogP contribution in [0.1, 0.15) is 63.5 Å². The van der Waals surface area contributed by atoms with Crippen LogP contribution in [0.4, 0.5) is 0 Å². The van der Waals surface area contributed by atoms with E-state index in [9.17, 15) is 9.59 Å². The molecule has 2 fully saturated rings. The van der Waals surface area contributed by atoms with Crippen molar-refractivity contribution >= 4 is 11.8 Å². The molecule has 34 heavy (non-hydrogen) atoms. The molecule has 6 heteroatoms. The van der Waals surface area contributed by atoms with Crippen molar-refractivity contribution in [1.82, 2.24) is 15.5 Å². The molecule has 2 aromatic carbocycles. The first-order valence-corrected chi connectivity index (χ1v) is 12.7. The first kappa shape index (κ1) is 24.3. The zero-order valence-corrected chi connectivity index (χ0v) is 20.3. The molecule has 0 radical (unpaired) electrons. The highest BCUT2D eigenvalue weighted by molar-refractivity contribution is 5.90. The van der Waals surface area contributed by atoms with Crippen molar-refractivity contribution in [3.8, 4) is 11.5 Å². The number of ether oxygens (including phenoxy) is 1. The number of rotatable bonds is 8. The number of hydrogen-bond donors (Lipinski definition) is 2. The predicted molar refractivity (Wildman–Crippen MR) is 134 cm³/mol. The second-order valence-electron chi connectivity index (χ2n) is 9.57. The summed E-state index contributed by atoms with van der Waals surface area (Å²) in [6.45, 7) is 2.54. The summed E-state index contributed by atoms with van der Waals surface area (Å²) in [5.74, 6) is 1.70. The Bertz CT molecular complexity index is 958. The van der Waals surface area contributed by atoms with E-state index in [4.69, 9.17) is 4.74 Å². The second-order valence-corrected chi connectivity index (χ2v) is 9.57. The predicted octanol–water partition coefficient (Wildman–Crippen LogP) is 4.82. The van der Waals surface area contributed by atoms with Gasteiger partial charge < -0.3 is 20.3 Å². The molecular weight excluding hydrogens is 426 g/mol. The minimum Gasteiger partial charge on any atom is -0.457 e.